The van der Waals surface area contributed by atoms with Gasteiger partial charge in [-0.15, -0.1) is 11.3 Å². The van der Waals surface area contributed by atoms with E-state index < -0.39 is 22.6 Å². The predicted octanol–water partition coefficient (Wildman–Crippen LogP) is 2.35. The van der Waals surface area contributed by atoms with Crippen LogP contribution in [0.5, 0.6) is 0 Å². The first kappa shape index (κ1) is 21.6. The van der Waals surface area contributed by atoms with E-state index in [1.165, 1.54) is 11.3 Å². The SMILES string of the molecule is N#Cc1c(C(F)(F)F)cc(-c2cccs2)nc1SC(/C(N)=[NH+]/NN)c1ccccc1. The lowest BCUT2D eigenvalue weighted by molar-refractivity contribution is -0.530. The Balaban J connectivity index is 2.18. The number of amidine groups is 1. The quantitative estimate of drug-likeness (QED) is 0.151. The first-order valence-corrected chi connectivity index (χ1v) is 10.2. The third-order valence-corrected chi connectivity index (χ3v) is 6.18. The lowest BCUT2D eigenvalue weighted by Crippen LogP contribution is -2.87. The molecule has 1 unspecified atom stereocenters. The molecular weight excluding hydrogens is 433 g/mol. The van der Waals surface area contributed by atoms with Crippen molar-refractivity contribution in [2.75, 3.05) is 0 Å². The van der Waals surface area contributed by atoms with Gasteiger partial charge < -0.3 is 0 Å². The Morgan fingerprint density at radius 3 is 2.53 bits per heavy atom. The van der Waals surface area contributed by atoms with Gasteiger partial charge in [0.2, 0.25) is 0 Å². The minimum atomic E-state index is -4.72. The number of rotatable bonds is 6. The number of hydrazine groups is 2. The van der Waals surface area contributed by atoms with Gasteiger partial charge >= 0.3 is 6.18 Å². The number of pyridine rings is 1. The highest BCUT2D eigenvalue weighted by atomic mass is 32.2. The molecular formula is C19H16F3N6S2+. The van der Waals surface area contributed by atoms with Gasteiger partial charge in [-0.1, -0.05) is 48.2 Å². The van der Waals surface area contributed by atoms with Crippen molar-refractivity contribution in [3.05, 3.63) is 70.6 Å². The third kappa shape index (κ3) is 4.73. The van der Waals surface area contributed by atoms with Crippen LogP contribution in [-0.2, 0) is 6.18 Å². The first-order valence-electron chi connectivity index (χ1n) is 8.47. The number of aromatic nitrogens is 1. The van der Waals surface area contributed by atoms with Crippen molar-refractivity contribution in [2.24, 2.45) is 11.6 Å². The number of nitrogens with two attached hydrogens (primary N) is 2. The summed E-state index contributed by atoms with van der Waals surface area (Å²) in [6.45, 7) is 0. The Hall–Kier alpha value is -3.07. The highest BCUT2D eigenvalue weighted by Gasteiger charge is 2.37. The maximum absolute atomic E-state index is 13.7. The second-order valence-electron chi connectivity index (χ2n) is 5.96. The second-order valence-corrected chi connectivity index (χ2v) is 8.00. The normalized spacial score (nSPS) is 13.0. The summed E-state index contributed by atoms with van der Waals surface area (Å²) in [4.78, 5) is 4.93. The molecule has 0 bridgehead atoms. The Morgan fingerprint density at radius 1 is 1.23 bits per heavy atom. The molecule has 6 nitrogen and oxygen atoms in total. The molecule has 0 fully saturated rings. The van der Waals surface area contributed by atoms with Crippen LogP contribution in [0.15, 0.2) is 58.9 Å². The van der Waals surface area contributed by atoms with Gasteiger partial charge in [0.05, 0.1) is 21.7 Å². The summed E-state index contributed by atoms with van der Waals surface area (Å²) in [6.07, 6.45) is -4.72. The van der Waals surface area contributed by atoms with E-state index in [1.807, 2.05) is 0 Å². The Morgan fingerprint density at radius 2 is 1.97 bits per heavy atom. The van der Waals surface area contributed by atoms with Crippen LogP contribution in [-0.4, -0.2) is 10.8 Å². The molecule has 0 aliphatic rings. The van der Waals surface area contributed by atoms with Crippen LogP contribution in [0.4, 0.5) is 13.2 Å². The number of nitrogens with one attached hydrogen (secondary N) is 2. The van der Waals surface area contributed by atoms with Crippen LogP contribution in [0.25, 0.3) is 10.6 Å². The molecule has 0 amide bonds. The highest BCUT2D eigenvalue weighted by molar-refractivity contribution is 8.00. The molecule has 0 radical (unpaired) electrons. The zero-order valence-electron chi connectivity index (χ0n) is 15.3. The Bertz CT molecular complexity index is 1080. The van der Waals surface area contributed by atoms with Crippen molar-refractivity contribution in [1.82, 2.24) is 10.5 Å². The van der Waals surface area contributed by atoms with Crippen LogP contribution in [0.1, 0.15) is 21.9 Å². The zero-order valence-corrected chi connectivity index (χ0v) is 16.9. The number of alkyl halides is 3. The highest BCUT2D eigenvalue weighted by Crippen LogP contribution is 2.42. The van der Waals surface area contributed by atoms with Crippen molar-refractivity contribution in [3.63, 3.8) is 0 Å². The molecule has 2 aromatic heterocycles. The number of nitriles is 1. The van der Waals surface area contributed by atoms with Crippen molar-refractivity contribution in [1.29, 1.82) is 5.26 Å². The van der Waals surface area contributed by atoms with Crippen LogP contribution >= 0.6 is 23.1 Å². The third-order valence-electron chi connectivity index (χ3n) is 4.01. The van der Waals surface area contributed by atoms with Crippen LogP contribution in [0, 0.1) is 11.3 Å². The fraction of sp³-hybridized carbons (Fsp3) is 0.105. The second kappa shape index (κ2) is 9.17. The average molecular weight is 450 g/mol. The fourth-order valence-electron chi connectivity index (χ4n) is 2.69. The van der Waals surface area contributed by atoms with Gasteiger partial charge in [-0.3, -0.25) is 5.73 Å². The van der Waals surface area contributed by atoms with E-state index >= 15 is 0 Å². The van der Waals surface area contributed by atoms with Crippen LogP contribution in [0.3, 0.4) is 0 Å². The minimum absolute atomic E-state index is 0.0775. The monoisotopic (exact) mass is 449 g/mol. The molecule has 6 N–H and O–H groups in total. The maximum atomic E-state index is 13.7. The number of hydrogen-bond donors (Lipinski definition) is 4. The molecule has 154 valence electrons. The number of thiophene rings is 1. The molecule has 0 saturated heterocycles. The van der Waals surface area contributed by atoms with Gasteiger partial charge in [0.1, 0.15) is 16.3 Å². The number of thioether (sulfide) groups is 1. The standard InChI is InChI=1S/C19H15F3N6S2/c20-19(21,22)13-9-14(15-7-4-8-29-15)26-18(12(13)10-23)30-16(17(24)27-28-25)11-5-2-1-3-6-11/h1-9,16,28H,25H2,(H2,24,27)/p+1. The molecule has 0 aliphatic carbocycles. The summed E-state index contributed by atoms with van der Waals surface area (Å²) in [5.74, 6) is 5.43. The van der Waals surface area contributed by atoms with Crippen molar-refractivity contribution < 1.29 is 18.3 Å². The summed E-state index contributed by atoms with van der Waals surface area (Å²) >= 11 is 2.19. The molecule has 3 rings (SSSR count). The number of halogens is 3. The molecule has 1 atom stereocenters. The number of nitrogens with zero attached hydrogens (tertiary/aromatic N) is 2. The molecule has 0 aliphatic heterocycles. The summed E-state index contributed by atoms with van der Waals surface area (Å²) in [6, 6.07) is 14.8. The predicted molar refractivity (Wildman–Crippen MR) is 110 cm³/mol. The summed E-state index contributed by atoms with van der Waals surface area (Å²) < 4.78 is 41.2. The largest absolute Gasteiger partial charge is 0.417 e. The maximum Gasteiger partial charge on any atom is 0.417 e. The van der Waals surface area contributed by atoms with Crippen molar-refractivity contribution >= 4 is 28.9 Å². The van der Waals surface area contributed by atoms with Gasteiger partial charge in [-0.25, -0.2) is 10.8 Å². The van der Waals surface area contributed by atoms with Crippen LogP contribution < -0.4 is 22.2 Å². The van der Waals surface area contributed by atoms with E-state index in [4.69, 9.17) is 11.6 Å². The molecule has 2 heterocycles. The molecule has 0 saturated carbocycles. The summed E-state index contributed by atoms with van der Waals surface area (Å²) in [7, 11) is 0. The smallest absolute Gasteiger partial charge is 0.288 e. The Labute approximate surface area is 178 Å². The number of hydrazone groups is 1. The molecule has 11 heteroatoms. The Kier molecular flexibility index (Phi) is 6.61. The van der Waals surface area contributed by atoms with Gasteiger partial charge in [0.15, 0.2) is 0 Å². The fourth-order valence-corrected chi connectivity index (χ4v) is 4.50. The van der Waals surface area contributed by atoms with Crippen molar-refractivity contribution in [2.45, 2.75) is 16.5 Å². The van der Waals surface area contributed by atoms with Gasteiger partial charge in [-0.2, -0.15) is 29.1 Å². The van der Waals surface area contributed by atoms with E-state index in [-0.39, 0.29) is 16.6 Å². The van der Waals surface area contributed by atoms with E-state index in [0.29, 0.717) is 10.4 Å². The summed E-state index contributed by atoms with van der Waals surface area (Å²) in [5, 5.41) is 13.1. The zero-order chi connectivity index (χ0) is 21.7. The molecule has 0 spiro atoms. The van der Waals surface area contributed by atoms with E-state index in [2.05, 4.69) is 15.6 Å². The number of hydrogen-bond acceptors (Lipinski definition) is 6. The van der Waals surface area contributed by atoms with Crippen LogP contribution in [0.2, 0.25) is 0 Å². The van der Waals surface area contributed by atoms with Gasteiger partial charge in [0, 0.05) is 0 Å². The average Bonchev–Trinajstić information content (AvgIpc) is 3.26. The van der Waals surface area contributed by atoms with Crippen molar-refractivity contribution in [3.8, 4) is 16.6 Å². The summed E-state index contributed by atoms with van der Waals surface area (Å²) in [5.41, 5.74) is 7.52. The molecule has 3 aromatic rings. The minimum Gasteiger partial charge on any atom is -0.288 e. The van der Waals surface area contributed by atoms with Gasteiger partial charge in [0.25, 0.3) is 5.84 Å². The molecule has 30 heavy (non-hydrogen) atoms. The lowest BCUT2D eigenvalue weighted by Gasteiger charge is -2.17. The van der Waals surface area contributed by atoms with Gasteiger partial charge in [-0.05, 0) is 23.1 Å². The van der Waals surface area contributed by atoms with E-state index in [1.54, 1.807) is 53.9 Å². The number of benzene rings is 1. The topological polar surface area (TPSA) is 115 Å². The van der Waals surface area contributed by atoms with E-state index in [0.717, 1.165) is 17.8 Å². The lowest BCUT2D eigenvalue weighted by atomic mass is 10.1. The molecule has 1 aromatic carbocycles. The van der Waals surface area contributed by atoms with E-state index in [9.17, 15) is 18.4 Å². The first-order chi connectivity index (χ1) is 14.3.